The van der Waals surface area contributed by atoms with Gasteiger partial charge in [0, 0.05) is 24.5 Å². The van der Waals surface area contributed by atoms with Gasteiger partial charge in [-0.15, -0.1) is 0 Å². The highest BCUT2D eigenvalue weighted by molar-refractivity contribution is 5.54. The number of anilines is 2. The number of hydrogen-bond donors (Lipinski definition) is 2. The van der Waals surface area contributed by atoms with E-state index in [4.69, 9.17) is 0 Å². The smallest absolute Gasteiger partial charge is 0.383 e. The van der Waals surface area contributed by atoms with E-state index >= 15 is 0 Å². The third kappa shape index (κ3) is 4.16. The van der Waals surface area contributed by atoms with E-state index in [1.165, 1.54) is 17.2 Å². The summed E-state index contributed by atoms with van der Waals surface area (Å²) in [7, 11) is 0. The maximum Gasteiger partial charge on any atom is 0.416 e. The number of halogens is 3. The second kappa shape index (κ2) is 6.73. The number of hydrogen-bond acceptors (Lipinski definition) is 2. The molecule has 0 heterocycles. The molecule has 0 radical (unpaired) electrons. The van der Waals surface area contributed by atoms with E-state index in [1.807, 2.05) is 32.0 Å². The number of nitrogens with one attached hydrogen (secondary N) is 2. The summed E-state index contributed by atoms with van der Waals surface area (Å²) in [5, 5.41) is 6.28. The van der Waals surface area contributed by atoms with Gasteiger partial charge >= 0.3 is 6.18 Å². The molecule has 2 N–H and O–H groups in total. The molecule has 0 aromatic heterocycles. The quantitative estimate of drug-likeness (QED) is 0.772. The maximum atomic E-state index is 12.6. The molecule has 2 aromatic carbocycles. The summed E-state index contributed by atoms with van der Waals surface area (Å²) in [4.78, 5) is 0. The van der Waals surface area contributed by atoms with Crippen molar-refractivity contribution in [1.82, 2.24) is 0 Å². The molecule has 0 aliphatic rings. The van der Waals surface area contributed by atoms with E-state index in [0.29, 0.717) is 18.8 Å². The SMILES string of the molecule is Cc1cccc(NCCNc2cccc(C(F)(F)F)c2)c1C. The number of rotatable bonds is 5. The fraction of sp³-hybridized carbons (Fsp3) is 0.294. The van der Waals surface area contributed by atoms with E-state index in [2.05, 4.69) is 10.6 Å². The van der Waals surface area contributed by atoms with Gasteiger partial charge in [-0.1, -0.05) is 18.2 Å². The van der Waals surface area contributed by atoms with Gasteiger partial charge in [0.05, 0.1) is 5.56 Å². The molecule has 0 atom stereocenters. The van der Waals surface area contributed by atoms with Crippen LogP contribution in [0.5, 0.6) is 0 Å². The fourth-order valence-corrected chi connectivity index (χ4v) is 2.15. The van der Waals surface area contributed by atoms with E-state index in [0.717, 1.165) is 17.8 Å². The Morgan fingerprint density at radius 1 is 0.909 bits per heavy atom. The van der Waals surface area contributed by atoms with Crippen LogP contribution in [-0.4, -0.2) is 13.1 Å². The zero-order valence-electron chi connectivity index (χ0n) is 12.6. The van der Waals surface area contributed by atoms with E-state index in [-0.39, 0.29) is 0 Å². The van der Waals surface area contributed by atoms with Crippen molar-refractivity contribution >= 4 is 11.4 Å². The zero-order chi connectivity index (χ0) is 16.2. The van der Waals surface area contributed by atoms with Crippen LogP contribution in [0.4, 0.5) is 24.5 Å². The Hall–Kier alpha value is -2.17. The summed E-state index contributed by atoms with van der Waals surface area (Å²) in [5.74, 6) is 0. The Morgan fingerprint density at radius 3 is 2.32 bits per heavy atom. The van der Waals surface area contributed by atoms with Crippen LogP contribution in [0.25, 0.3) is 0 Å². The van der Waals surface area contributed by atoms with Gasteiger partial charge in [0.25, 0.3) is 0 Å². The van der Waals surface area contributed by atoms with Crippen molar-refractivity contribution in [2.24, 2.45) is 0 Å². The molecule has 0 aliphatic carbocycles. The predicted octanol–water partition coefficient (Wildman–Crippen LogP) is 4.85. The summed E-state index contributed by atoms with van der Waals surface area (Å²) in [6.07, 6.45) is -4.31. The van der Waals surface area contributed by atoms with Crippen LogP contribution in [0, 0.1) is 13.8 Å². The van der Waals surface area contributed by atoms with Gasteiger partial charge in [-0.3, -0.25) is 0 Å². The van der Waals surface area contributed by atoms with Gasteiger partial charge in [-0.05, 0) is 49.2 Å². The third-order valence-corrected chi connectivity index (χ3v) is 3.56. The van der Waals surface area contributed by atoms with Crippen molar-refractivity contribution in [3.05, 3.63) is 59.2 Å². The molecule has 2 rings (SSSR count). The Balaban J connectivity index is 1.88. The van der Waals surface area contributed by atoms with Gasteiger partial charge in [0.2, 0.25) is 0 Å². The Labute approximate surface area is 128 Å². The molecule has 0 amide bonds. The first kappa shape index (κ1) is 16.2. The van der Waals surface area contributed by atoms with Crippen LogP contribution in [0.1, 0.15) is 16.7 Å². The topological polar surface area (TPSA) is 24.1 Å². The van der Waals surface area contributed by atoms with Gasteiger partial charge in [0.1, 0.15) is 0 Å². The van der Waals surface area contributed by atoms with Crippen molar-refractivity contribution < 1.29 is 13.2 Å². The average Bonchev–Trinajstić information content (AvgIpc) is 2.47. The predicted molar refractivity (Wildman–Crippen MR) is 84.3 cm³/mol. The van der Waals surface area contributed by atoms with E-state index in [1.54, 1.807) is 6.07 Å². The van der Waals surface area contributed by atoms with Crippen LogP contribution in [0.2, 0.25) is 0 Å². The second-order valence-corrected chi connectivity index (χ2v) is 5.18. The normalized spacial score (nSPS) is 11.3. The average molecular weight is 308 g/mol. The van der Waals surface area contributed by atoms with Crippen molar-refractivity contribution in [3.63, 3.8) is 0 Å². The number of benzene rings is 2. The van der Waals surface area contributed by atoms with Crippen molar-refractivity contribution in [3.8, 4) is 0 Å². The minimum absolute atomic E-state index is 0.470. The lowest BCUT2D eigenvalue weighted by atomic mass is 10.1. The molecule has 22 heavy (non-hydrogen) atoms. The highest BCUT2D eigenvalue weighted by Crippen LogP contribution is 2.30. The monoisotopic (exact) mass is 308 g/mol. The van der Waals surface area contributed by atoms with E-state index in [9.17, 15) is 13.2 Å². The first-order valence-corrected chi connectivity index (χ1v) is 7.09. The number of alkyl halides is 3. The molecule has 2 aromatic rings. The molecule has 0 saturated heterocycles. The molecule has 118 valence electrons. The van der Waals surface area contributed by atoms with Crippen molar-refractivity contribution in [2.75, 3.05) is 23.7 Å². The standard InChI is InChI=1S/C17H19F3N2/c1-12-5-3-8-16(13(12)2)22-10-9-21-15-7-4-6-14(11-15)17(18,19)20/h3-8,11,21-22H,9-10H2,1-2H3. The Morgan fingerprint density at radius 2 is 1.59 bits per heavy atom. The van der Waals surface area contributed by atoms with Gasteiger partial charge in [0.15, 0.2) is 0 Å². The molecule has 0 bridgehead atoms. The van der Waals surface area contributed by atoms with Crippen LogP contribution in [0.15, 0.2) is 42.5 Å². The highest BCUT2D eigenvalue weighted by Gasteiger charge is 2.30. The van der Waals surface area contributed by atoms with E-state index < -0.39 is 11.7 Å². The van der Waals surface area contributed by atoms with Gasteiger partial charge < -0.3 is 10.6 Å². The fourth-order valence-electron chi connectivity index (χ4n) is 2.15. The van der Waals surface area contributed by atoms with Crippen LogP contribution in [0.3, 0.4) is 0 Å². The highest BCUT2D eigenvalue weighted by atomic mass is 19.4. The first-order chi connectivity index (χ1) is 10.4. The second-order valence-electron chi connectivity index (χ2n) is 5.18. The zero-order valence-corrected chi connectivity index (χ0v) is 12.6. The molecule has 0 saturated carbocycles. The minimum atomic E-state index is -4.31. The molecule has 5 heteroatoms. The van der Waals surface area contributed by atoms with Crippen molar-refractivity contribution in [1.29, 1.82) is 0 Å². The Kier molecular flexibility index (Phi) is 4.96. The molecule has 0 aliphatic heterocycles. The van der Waals surface area contributed by atoms with Crippen LogP contribution >= 0.6 is 0 Å². The summed E-state index contributed by atoms with van der Waals surface area (Å²) in [6, 6.07) is 11.2. The van der Waals surface area contributed by atoms with Gasteiger partial charge in [-0.25, -0.2) is 0 Å². The lowest BCUT2D eigenvalue weighted by Gasteiger charge is -2.13. The largest absolute Gasteiger partial charge is 0.416 e. The molecule has 0 fully saturated rings. The summed E-state index contributed by atoms with van der Waals surface area (Å²) in [6.45, 7) is 5.24. The summed E-state index contributed by atoms with van der Waals surface area (Å²) < 4.78 is 37.9. The van der Waals surface area contributed by atoms with Crippen LogP contribution in [-0.2, 0) is 6.18 Å². The first-order valence-electron chi connectivity index (χ1n) is 7.09. The molecule has 0 unspecified atom stereocenters. The Bertz CT molecular complexity index is 636. The lowest BCUT2D eigenvalue weighted by molar-refractivity contribution is -0.137. The third-order valence-electron chi connectivity index (χ3n) is 3.56. The minimum Gasteiger partial charge on any atom is -0.383 e. The lowest BCUT2D eigenvalue weighted by Crippen LogP contribution is -2.15. The van der Waals surface area contributed by atoms with Crippen LogP contribution < -0.4 is 10.6 Å². The summed E-state index contributed by atoms with van der Waals surface area (Å²) in [5.41, 5.74) is 3.26. The molecular formula is C17H19F3N2. The molecule has 2 nitrogen and oxygen atoms in total. The maximum absolute atomic E-state index is 12.6. The van der Waals surface area contributed by atoms with Crippen molar-refractivity contribution in [2.45, 2.75) is 20.0 Å². The molecule has 0 spiro atoms. The summed E-state index contributed by atoms with van der Waals surface area (Å²) >= 11 is 0. The molecular weight excluding hydrogens is 289 g/mol. The van der Waals surface area contributed by atoms with Gasteiger partial charge in [-0.2, -0.15) is 13.2 Å². The number of aryl methyl sites for hydroxylation is 1.